The van der Waals surface area contributed by atoms with Gasteiger partial charge in [-0.3, -0.25) is 9.59 Å². The molecule has 0 aliphatic carbocycles. The maximum atomic E-state index is 11.5. The maximum Gasteiger partial charge on any atom is 0.316 e. The average Bonchev–Trinajstić information content (AvgIpc) is 2.43. The molecule has 0 aromatic heterocycles. The number of carbonyl (C=O) groups excluding carboxylic acids is 2. The van der Waals surface area contributed by atoms with E-state index in [9.17, 15) is 9.59 Å². The Bertz CT molecular complexity index is 413. The first-order valence-electron chi connectivity index (χ1n) is 6.26. The van der Waals surface area contributed by atoms with Crippen molar-refractivity contribution in [3.63, 3.8) is 0 Å². The van der Waals surface area contributed by atoms with E-state index in [1.807, 2.05) is 30.3 Å². The molecule has 4 nitrogen and oxygen atoms in total. The molecule has 4 heteroatoms. The molecule has 0 N–H and O–H groups in total. The standard InChI is InChI=1S/C15H20O4/c1-11(16)13(15(17)19-3)9-10-14(18-2)12-7-5-4-6-8-12/h4-8,13-14H,9-10H2,1-3H3. The van der Waals surface area contributed by atoms with Crippen molar-refractivity contribution >= 4 is 11.8 Å². The van der Waals surface area contributed by atoms with Crippen molar-refractivity contribution in [3.05, 3.63) is 35.9 Å². The van der Waals surface area contributed by atoms with Gasteiger partial charge in [0.05, 0.1) is 13.2 Å². The van der Waals surface area contributed by atoms with Gasteiger partial charge < -0.3 is 9.47 Å². The fourth-order valence-electron chi connectivity index (χ4n) is 2.04. The SMILES string of the molecule is COC(=O)C(CCC(OC)c1ccccc1)C(C)=O. The minimum atomic E-state index is -0.702. The molecule has 0 aliphatic rings. The second-order valence-corrected chi connectivity index (χ2v) is 4.40. The first kappa shape index (κ1) is 15.4. The van der Waals surface area contributed by atoms with E-state index in [1.54, 1.807) is 7.11 Å². The van der Waals surface area contributed by atoms with Gasteiger partial charge in [0.1, 0.15) is 11.7 Å². The van der Waals surface area contributed by atoms with E-state index in [0.29, 0.717) is 12.8 Å². The van der Waals surface area contributed by atoms with E-state index in [1.165, 1.54) is 14.0 Å². The van der Waals surface area contributed by atoms with Gasteiger partial charge in [0.2, 0.25) is 0 Å². The zero-order chi connectivity index (χ0) is 14.3. The molecule has 2 unspecified atom stereocenters. The van der Waals surface area contributed by atoms with Gasteiger partial charge in [0.15, 0.2) is 0 Å². The summed E-state index contributed by atoms with van der Waals surface area (Å²) in [5, 5.41) is 0. The summed E-state index contributed by atoms with van der Waals surface area (Å²) in [6.07, 6.45) is 0.905. The van der Waals surface area contributed by atoms with E-state index in [2.05, 4.69) is 4.74 Å². The average molecular weight is 264 g/mol. The lowest BCUT2D eigenvalue weighted by Crippen LogP contribution is -2.24. The molecule has 0 heterocycles. The lowest BCUT2D eigenvalue weighted by molar-refractivity contribution is -0.149. The van der Waals surface area contributed by atoms with Crippen LogP contribution < -0.4 is 0 Å². The predicted molar refractivity (Wildman–Crippen MR) is 71.6 cm³/mol. The number of carbonyl (C=O) groups is 2. The Labute approximate surface area is 113 Å². The molecule has 0 bridgehead atoms. The highest BCUT2D eigenvalue weighted by Crippen LogP contribution is 2.24. The van der Waals surface area contributed by atoms with Crippen molar-refractivity contribution in [1.82, 2.24) is 0 Å². The quantitative estimate of drug-likeness (QED) is 0.561. The molecule has 0 aliphatic heterocycles. The Morgan fingerprint density at radius 1 is 1.11 bits per heavy atom. The highest BCUT2D eigenvalue weighted by Gasteiger charge is 2.25. The smallest absolute Gasteiger partial charge is 0.316 e. The lowest BCUT2D eigenvalue weighted by atomic mass is 9.95. The second-order valence-electron chi connectivity index (χ2n) is 4.40. The van der Waals surface area contributed by atoms with Crippen LogP contribution >= 0.6 is 0 Å². The zero-order valence-corrected chi connectivity index (χ0v) is 11.6. The molecular formula is C15H20O4. The van der Waals surface area contributed by atoms with E-state index >= 15 is 0 Å². The molecule has 19 heavy (non-hydrogen) atoms. The van der Waals surface area contributed by atoms with Crippen LogP contribution in [0.1, 0.15) is 31.4 Å². The Balaban J connectivity index is 2.67. The van der Waals surface area contributed by atoms with E-state index < -0.39 is 11.9 Å². The normalized spacial score (nSPS) is 13.6. The van der Waals surface area contributed by atoms with Crippen molar-refractivity contribution in [2.45, 2.75) is 25.9 Å². The molecule has 0 amide bonds. The largest absolute Gasteiger partial charge is 0.468 e. The molecule has 1 rings (SSSR count). The Kier molecular flexibility index (Phi) is 6.22. The molecule has 2 atom stereocenters. The van der Waals surface area contributed by atoms with Crippen LogP contribution in [-0.2, 0) is 19.1 Å². The maximum absolute atomic E-state index is 11.5. The summed E-state index contributed by atoms with van der Waals surface area (Å²) in [6, 6.07) is 9.74. The monoisotopic (exact) mass is 264 g/mol. The van der Waals surface area contributed by atoms with Crippen LogP contribution in [0.15, 0.2) is 30.3 Å². The summed E-state index contributed by atoms with van der Waals surface area (Å²) in [5.74, 6) is -1.35. The third kappa shape index (κ3) is 4.48. The molecule has 1 aromatic carbocycles. The van der Waals surface area contributed by atoms with Crippen molar-refractivity contribution in [3.8, 4) is 0 Å². The van der Waals surface area contributed by atoms with E-state index in [0.717, 1.165) is 5.56 Å². The molecule has 1 aromatic rings. The van der Waals surface area contributed by atoms with Crippen LogP contribution in [0.4, 0.5) is 0 Å². The molecule has 0 saturated carbocycles. The van der Waals surface area contributed by atoms with Crippen molar-refractivity contribution in [1.29, 1.82) is 0 Å². The van der Waals surface area contributed by atoms with Crippen molar-refractivity contribution in [2.75, 3.05) is 14.2 Å². The van der Waals surface area contributed by atoms with Crippen molar-refractivity contribution < 1.29 is 19.1 Å². The summed E-state index contributed by atoms with van der Waals surface area (Å²) in [7, 11) is 2.92. The minimum absolute atomic E-state index is 0.118. The van der Waals surface area contributed by atoms with E-state index in [-0.39, 0.29) is 11.9 Å². The lowest BCUT2D eigenvalue weighted by Gasteiger charge is -2.18. The second kappa shape index (κ2) is 7.69. The summed E-state index contributed by atoms with van der Waals surface area (Å²) in [6.45, 7) is 1.41. The number of hydrogen-bond acceptors (Lipinski definition) is 4. The van der Waals surface area contributed by atoms with Gasteiger partial charge in [0.25, 0.3) is 0 Å². The highest BCUT2D eigenvalue weighted by molar-refractivity contribution is 5.97. The van der Waals surface area contributed by atoms with Gasteiger partial charge in [-0.2, -0.15) is 0 Å². The van der Waals surface area contributed by atoms with Gasteiger partial charge in [-0.05, 0) is 25.3 Å². The van der Waals surface area contributed by atoms with E-state index in [4.69, 9.17) is 4.74 Å². The number of ether oxygens (including phenoxy) is 2. The van der Waals surface area contributed by atoms with Crippen LogP contribution in [0, 0.1) is 5.92 Å². The zero-order valence-electron chi connectivity index (χ0n) is 11.6. The molecule has 0 fully saturated rings. The fourth-order valence-corrected chi connectivity index (χ4v) is 2.04. The summed E-state index contributed by atoms with van der Waals surface area (Å²) in [4.78, 5) is 22.9. The van der Waals surface area contributed by atoms with Crippen LogP contribution in [0.2, 0.25) is 0 Å². The fraction of sp³-hybridized carbons (Fsp3) is 0.467. The van der Waals surface area contributed by atoms with Crippen LogP contribution in [0.5, 0.6) is 0 Å². The first-order valence-corrected chi connectivity index (χ1v) is 6.26. The van der Waals surface area contributed by atoms with Crippen LogP contribution in [-0.4, -0.2) is 26.0 Å². The van der Waals surface area contributed by atoms with Crippen molar-refractivity contribution in [2.24, 2.45) is 5.92 Å². The van der Waals surface area contributed by atoms with Crippen LogP contribution in [0.3, 0.4) is 0 Å². The number of ketones is 1. The Morgan fingerprint density at radius 3 is 2.21 bits per heavy atom. The molecule has 0 radical (unpaired) electrons. The topological polar surface area (TPSA) is 52.6 Å². The third-order valence-corrected chi connectivity index (χ3v) is 3.15. The Hall–Kier alpha value is -1.68. The van der Waals surface area contributed by atoms with Gasteiger partial charge in [-0.1, -0.05) is 30.3 Å². The van der Waals surface area contributed by atoms with Crippen LogP contribution in [0.25, 0.3) is 0 Å². The van der Waals surface area contributed by atoms with Gasteiger partial charge in [-0.15, -0.1) is 0 Å². The number of methoxy groups -OCH3 is 2. The third-order valence-electron chi connectivity index (χ3n) is 3.15. The molecule has 0 spiro atoms. The number of rotatable bonds is 7. The number of Topliss-reactive ketones (excluding diaryl/α,β-unsaturated/α-hetero) is 1. The number of hydrogen-bond donors (Lipinski definition) is 0. The predicted octanol–water partition coefficient (Wildman–Crippen LogP) is 2.53. The number of esters is 1. The van der Waals surface area contributed by atoms with Gasteiger partial charge in [-0.25, -0.2) is 0 Å². The number of benzene rings is 1. The molecule has 104 valence electrons. The minimum Gasteiger partial charge on any atom is -0.468 e. The summed E-state index contributed by atoms with van der Waals surface area (Å²) in [5.41, 5.74) is 1.04. The highest BCUT2D eigenvalue weighted by atomic mass is 16.5. The van der Waals surface area contributed by atoms with Gasteiger partial charge >= 0.3 is 5.97 Å². The summed E-state index contributed by atoms with van der Waals surface area (Å²) >= 11 is 0. The summed E-state index contributed by atoms with van der Waals surface area (Å²) < 4.78 is 10.1. The Morgan fingerprint density at radius 2 is 1.74 bits per heavy atom. The molecular weight excluding hydrogens is 244 g/mol. The molecule has 0 saturated heterocycles. The first-order chi connectivity index (χ1) is 9.10. The van der Waals surface area contributed by atoms with Gasteiger partial charge in [0, 0.05) is 7.11 Å².